The summed E-state index contributed by atoms with van der Waals surface area (Å²) in [5.74, 6) is 0.0323. The average molecular weight is 357 g/mol. The van der Waals surface area contributed by atoms with Gasteiger partial charge in [-0.15, -0.1) is 0 Å². The van der Waals surface area contributed by atoms with E-state index in [1.54, 1.807) is 6.92 Å². The van der Waals surface area contributed by atoms with E-state index in [9.17, 15) is 8.42 Å². The third-order valence-corrected chi connectivity index (χ3v) is 4.68. The number of halogens is 1. The first-order valence-electron chi connectivity index (χ1n) is 5.74. The number of anilines is 1. The highest BCUT2D eigenvalue weighted by Crippen LogP contribution is 2.18. The van der Waals surface area contributed by atoms with Crippen LogP contribution < -0.4 is 10.5 Å². The van der Waals surface area contributed by atoms with Crippen LogP contribution in [0.15, 0.2) is 46.0 Å². The van der Waals surface area contributed by atoms with Gasteiger partial charge in [-0.3, -0.25) is 0 Å². The molecule has 20 heavy (non-hydrogen) atoms. The van der Waals surface area contributed by atoms with Crippen molar-refractivity contribution in [3.8, 4) is 0 Å². The lowest BCUT2D eigenvalue weighted by Gasteiger charge is -2.14. The maximum atomic E-state index is 12.2. The van der Waals surface area contributed by atoms with Crippen molar-refractivity contribution in [1.29, 1.82) is 0 Å². The largest absolute Gasteiger partial charge is 0.368 e. The molecule has 8 heteroatoms. The van der Waals surface area contributed by atoms with Crippen molar-refractivity contribution in [1.82, 2.24) is 14.7 Å². The van der Waals surface area contributed by atoms with Crippen LogP contribution in [0.4, 0.5) is 5.95 Å². The Morgan fingerprint density at radius 1 is 1.20 bits per heavy atom. The Kier molecular flexibility index (Phi) is 4.36. The van der Waals surface area contributed by atoms with Gasteiger partial charge in [0.05, 0.1) is 12.4 Å². The molecule has 106 valence electrons. The first-order valence-corrected chi connectivity index (χ1v) is 8.01. The molecule has 0 saturated carbocycles. The van der Waals surface area contributed by atoms with Crippen LogP contribution >= 0.6 is 15.9 Å². The van der Waals surface area contributed by atoms with Crippen molar-refractivity contribution < 1.29 is 8.42 Å². The summed E-state index contributed by atoms with van der Waals surface area (Å²) < 4.78 is 27.8. The fraction of sp³-hybridized carbons (Fsp3) is 0.167. The van der Waals surface area contributed by atoms with Crippen LogP contribution in [-0.2, 0) is 10.0 Å². The molecule has 3 N–H and O–H groups in total. The van der Waals surface area contributed by atoms with Gasteiger partial charge in [-0.1, -0.05) is 28.1 Å². The Morgan fingerprint density at radius 3 is 2.30 bits per heavy atom. The summed E-state index contributed by atoms with van der Waals surface area (Å²) in [5, 5.41) is 0. The lowest BCUT2D eigenvalue weighted by atomic mass is 10.1. The molecule has 0 aliphatic heterocycles. The SMILES string of the molecule is CC(NS(=O)(=O)c1cnc(N)nc1)c1ccc(Br)cc1. The van der Waals surface area contributed by atoms with E-state index in [4.69, 9.17) is 5.73 Å². The summed E-state index contributed by atoms with van der Waals surface area (Å²) in [5.41, 5.74) is 6.19. The fourth-order valence-electron chi connectivity index (χ4n) is 1.59. The van der Waals surface area contributed by atoms with Crippen LogP contribution in [0.5, 0.6) is 0 Å². The highest BCUT2D eigenvalue weighted by atomic mass is 79.9. The molecule has 1 aromatic heterocycles. The number of nitrogens with two attached hydrogens (primary N) is 1. The fourth-order valence-corrected chi connectivity index (χ4v) is 2.97. The predicted molar refractivity (Wildman–Crippen MR) is 79.3 cm³/mol. The van der Waals surface area contributed by atoms with Crippen LogP contribution in [0.3, 0.4) is 0 Å². The average Bonchev–Trinajstić information content (AvgIpc) is 2.39. The third-order valence-electron chi connectivity index (χ3n) is 2.66. The van der Waals surface area contributed by atoms with Gasteiger partial charge >= 0.3 is 0 Å². The molecular weight excluding hydrogens is 344 g/mol. The second-order valence-corrected chi connectivity index (χ2v) is 6.80. The highest BCUT2D eigenvalue weighted by Gasteiger charge is 2.19. The molecule has 1 heterocycles. The highest BCUT2D eigenvalue weighted by molar-refractivity contribution is 9.10. The summed E-state index contributed by atoms with van der Waals surface area (Å²) in [4.78, 5) is 7.34. The predicted octanol–water partition coefficient (Wildman–Crippen LogP) is 1.86. The van der Waals surface area contributed by atoms with E-state index in [2.05, 4.69) is 30.6 Å². The van der Waals surface area contributed by atoms with Crippen LogP contribution in [0, 0.1) is 0 Å². The number of hydrogen-bond acceptors (Lipinski definition) is 5. The van der Waals surface area contributed by atoms with Gasteiger partial charge in [-0.05, 0) is 24.6 Å². The van der Waals surface area contributed by atoms with Gasteiger partial charge in [0.25, 0.3) is 0 Å². The summed E-state index contributed by atoms with van der Waals surface area (Å²) in [6.45, 7) is 1.76. The zero-order valence-corrected chi connectivity index (χ0v) is 13.0. The van der Waals surface area contributed by atoms with E-state index < -0.39 is 10.0 Å². The summed E-state index contributed by atoms with van der Waals surface area (Å²) in [6.07, 6.45) is 2.36. The van der Waals surface area contributed by atoms with Crippen LogP contribution in [-0.4, -0.2) is 18.4 Å². The molecule has 0 aliphatic carbocycles. The van der Waals surface area contributed by atoms with Gasteiger partial charge in [-0.2, -0.15) is 0 Å². The van der Waals surface area contributed by atoms with E-state index >= 15 is 0 Å². The van der Waals surface area contributed by atoms with E-state index in [1.165, 1.54) is 12.4 Å². The van der Waals surface area contributed by atoms with Crippen molar-refractivity contribution in [2.45, 2.75) is 17.9 Å². The van der Waals surface area contributed by atoms with Crippen LogP contribution in [0.2, 0.25) is 0 Å². The molecule has 1 aromatic carbocycles. The van der Waals surface area contributed by atoms with Gasteiger partial charge in [-0.25, -0.2) is 23.1 Å². The van der Waals surface area contributed by atoms with E-state index in [0.717, 1.165) is 10.0 Å². The molecule has 2 aromatic rings. The second kappa shape index (κ2) is 5.86. The Bertz CT molecular complexity index is 686. The number of rotatable bonds is 4. The third kappa shape index (κ3) is 3.53. The number of nitrogens with one attached hydrogen (secondary N) is 1. The van der Waals surface area contributed by atoms with Crippen molar-refractivity contribution in [3.63, 3.8) is 0 Å². The van der Waals surface area contributed by atoms with Crippen molar-refractivity contribution >= 4 is 31.9 Å². The normalized spacial score (nSPS) is 13.1. The minimum absolute atomic E-state index is 0.0179. The van der Waals surface area contributed by atoms with Gasteiger partial charge in [0.15, 0.2) is 0 Å². The summed E-state index contributed by atoms with van der Waals surface area (Å²) in [6, 6.07) is 7.03. The van der Waals surface area contributed by atoms with E-state index in [1.807, 2.05) is 24.3 Å². The number of hydrogen-bond donors (Lipinski definition) is 2. The maximum Gasteiger partial charge on any atom is 0.244 e. The second-order valence-electron chi connectivity index (χ2n) is 4.17. The number of aromatic nitrogens is 2. The lowest BCUT2D eigenvalue weighted by Crippen LogP contribution is -2.27. The van der Waals surface area contributed by atoms with Gasteiger partial charge in [0.2, 0.25) is 16.0 Å². The molecule has 2 rings (SSSR count). The summed E-state index contributed by atoms with van der Waals surface area (Å²) >= 11 is 3.33. The lowest BCUT2D eigenvalue weighted by molar-refractivity contribution is 0.566. The molecule has 1 atom stereocenters. The maximum absolute atomic E-state index is 12.2. The molecule has 0 amide bonds. The zero-order chi connectivity index (χ0) is 14.8. The number of benzene rings is 1. The van der Waals surface area contributed by atoms with Crippen molar-refractivity contribution in [3.05, 3.63) is 46.7 Å². The summed E-state index contributed by atoms with van der Waals surface area (Å²) in [7, 11) is -3.68. The smallest absolute Gasteiger partial charge is 0.244 e. The number of nitrogen functional groups attached to an aromatic ring is 1. The quantitative estimate of drug-likeness (QED) is 0.870. The van der Waals surface area contributed by atoms with Gasteiger partial charge in [0, 0.05) is 10.5 Å². The Hall–Kier alpha value is -1.51. The standard InChI is InChI=1S/C12H13BrN4O2S/c1-8(9-2-4-10(13)5-3-9)17-20(18,19)11-6-15-12(14)16-7-11/h2-8,17H,1H3,(H2,14,15,16). The topological polar surface area (TPSA) is 98.0 Å². The molecule has 6 nitrogen and oxygen atoms in total. The molecule has 0 fully saturated rings. The zero-order valence-electron chi connectivity index (χ0n) is 10.6. The number of sulfonamides is 1. The Balaban J connectivity index is 2.19. The first kappa shape index (κ1) is 14.9. The molecule has 0 radical (unpaired) electrons. The van der Waals surface area contributed by atoms with E-state index in [-0.39, 0.29) is 16.9 Å². The van der Waals surface area contributed by atoms with Gasteiger partial charge in [0.1, 0.15) is 4.90 Å². The van der Waals surface area contributed by atoms with Crippen molar-refractivity contribution in [2.75, 3.05) is 5.73 Å². The molecular formula is C12H13BrN4O2S. The van der Waals surface area contributed by atoms with E-state index in [0.29, 0.717) is 0 Å². The van der Waals surface area contributed by atoms with Crippen LogP contribution in [0.1, 0.15) is 18.5 Å². The van der Waals surface area contributed by atoms with Crippen molar-refractivity contribution in [2.24, 2.45) is 0 Å². The molecule has 0 bridgehead atoms. The minimum atomic E-state index is -3.68. The molecule has 1 unspecified atom stereocenters. The van der Waals surface area contributed by atoms with Crippen LogP contribution in [0.25, 0.3) is 0 Å². The first-order chi connectivity index (χ1) is 9.38. The minimum Gasteiger partial charge on any atom is -0.368 e. The number of nitrogens with zero attached hydrogens (tertiary/aromatic N) is 2. The monoisotopic (exact) mass is 356 g/mol. The molecule has 0 aliphatic rings. The van der Waals surface area contributed by atoms with Gasteiger partial charge < -0.3 is 5.73 Å². The Labute approximate surface area is 125 Å². The molecule has 0 spiro atoms. The molecule has 0 saturated heterocycles. The Morgan fingerprint density at radius 2 is 1.75 bits per heavy atom.